The van der Waals surface area contributed by atoms with Crippen molar-refractivity contribution >= 4 is 0 Å². The molecule has 3 heteroatoms. The lowest BCUT2D eigenvalue weighted by Crippen LogP contribution is -2.24. The topological polar surface area (TPSA) is 30.5 Å². The standard InChI is InChI=1S/C16H25NO2/c1-3-10-17-11-16(19-12-13-4-5-13)14-6-8-15(18-2)9-7-14/h6-9,13,16-17H,3-5,10-12H2,1-2H3. The molecule has 1 saturated carbocycles. The molecular weight excluding hydrogens is 238 g/mol. The van der Waals surface area contributed by atoms with Crippen LogP contribution in [0.5, 0.6) is 5.75 Å². The first kappa shape index (κ1) is 14.4. The summed E-state index contributed by atoms with van der Waals surface area (Å²) in [7, 11) is 1.69. The third-order valence-electron chi connectivity index (χ3n) is 3.47. The Kier molecular flexibility index (Phi) is 5.67. The quantitative estimate of drug-likeness (QED) is 0.694. The van der Waals surface area contributed by atoms with E-state index in [1.54, 1.807) is 7.11 Å². The molecule has 0 amide bonds. The van der Waals surface area contributed by atoms with E-state index in [-0.39, 0.29) is 6.10 Å². The van der Waals surface area contributed by atoms with Crippen LogP contribution in [0.15, 0.2) is 24.3 Å². The molecule has 1 aromatic rings. The van der Waals surface area contributed by atoms with Crippen molar-refractivity contribution in [1.82, 2.24) is 5.32 Å². The van der Waals surface area contributed by atoms with Gasteiger partial charge in [0.05, 0.1) is 19.8 Å². The second-order valence-corrected chi connectivity index (χ2v) is 5.24. The highest BCUT2D eigenvalue weighted by Crippen LogP contribution is 2.31. The van der Waals surface area contributed by atoms with Gasteiger partial charge in [0.1, 0.15) is 5.75 Å². The average molecular weight is 263 g/mol. The van der Waals surface area contributed by atoms with Crippen LogP contribution < -0.4 is 10.1 Å². The number of hydrogen-bond donors (Lipinski definition) is 1. The summed E-state index contributed by atoms with van der Waals surface area (Å²) < 4.78 is 11.3. The number of nitrogens with one attached hydrogen (secondary N) is 1. The molecular formula is C16H25NO2. The van der Waals surface area contributed by atoms with Crippen LogP contribution >= 0.6 is 0 Å². The van der Waals surface area contributed by atoms with E-state index in [4.69, 9.17) is 9.47 Å². The second-order valence-electron chi connectivity index (χ2n) is 5.24. The van der Waals surface area contributed by atoms with Crippen LogP contribution in [0.1, 0.15) is 37.9 Å². The van der Waals surface area contributed by atoms with Gasteiger partial charge in [-0.1, -0.05) is 19.1 Å². The molecule has 0 bridgehead atoms. The maximum Gasteiger partial charge on any atom is 0.118 e. The number of benzene rings is 1. The van der Waals surface area contributed by atoms with Crippen molar-refractivity contribution in [3.05, 3.63) is 29.8 Å². The first-order valence-corrected chi connectivity index (χ1v) is 7.29. The third-order valence-corrected chi connectivity index (χ3v) is 3.47. The highest BCUT2D eigenvalue weighted by atomic mass is 16.5. The Hall–Kier alpha value is -1.06. The number of methoxy groups -OCH3 is 1. The molecule has 0 spiro atoms. The Balaban J connectivity index is 1.91. The average Bonchev–Trinajstić information content (AvgIpc) is 3.27. The summed E-state index contributed by atoms with van der Waals surface area (Å²) in [4.78, 5) is 0. The van der Waals surface area contributed by atoms with E-state index in [0.717, 1.165) is 37.8 Å². The molecule has 0 heterocycles. The van der Waals surface area contributed by atoms with Gasteiger partial charge in [-0.2, -0.15) is 0 Å². The van der Waals surface area contributed by atoms with Gasteiger partial charge in [0.25, 0.3) is 0 Å². The van der Waals surface area contributed by atoms with Gasteiger partial charge in [-0.15, -0.1) is 0 Å². The first-order valence-electron chi connectivity index (χ1n) is 7.29. The fraction of sp³-hybridized carbons (Fsp3) is 0.625. The molecule has 1 aromatic carbocycles. The molecule has 19 heavy (non-hydrogen) atoms. The minimum absolute atomic E-state index is 0.151. The van der Waals surface area contributed by atoms with Crippen molar-refractivity contribution in [1.29, 1.82) is 0 Å². The van der Waals surface area contributed by atoms with Gasteiger partial charge >= 0.3 is 0 Å². The minimum Gasteiger partial charge on any atom is -0.497 e. The van der Waals surface area contributed by atoms with Crippen molar-refractivity contribution in [3.8, 4) is 5.75 Å². The Bertz CT molecular complexity index is 360. The molecule has 0 radical (unpaired) electrons. The monoisotopic (exact) mass is 263 g/mol. The van der Waals surface area contributed by atoms with Crippen molar-refractivity contribution in [2.75, 3.05) is 26.8 Å². The Labute approximate surface area is 116 Å². The van der Waals surface area contributed by atoms with Crippen molar-refractivity contribution in [3.63, 3.8) is 0 Å². The molecule has 1 unspecified atom stereocenters. The van der Waals surface area contributed by atoms with Crippen LogP contribution in [0, 0.1) is 5.92 Å². The fourth-order valence-corrected chi connectivity index (χ4v) is 2.04. The summed E-state index contributed by atoms with van der Waals surface area (Å²) in [5, 5.41) is 3.45. The molecule has 0 aliphatic heterocycles. The first-order chi connectivity index (χ1) is 9.33. The molecule has 1 N–H and O–H groups in total. The van der Waals surface area contributed by atoms with E-state index >= 15 is 0 Å². The van der Waals surface area contributed by atoms with Crippen molar-refractivity contribution in [2.45, 2.75) is 32.3 Å². The van der Waals surface area contributed by atoms with E-state index in [9.17, 15) is 0 Å². The highest BCUT2D eigenvalue weighted by molar-refractivity contribution is 5.28. The maximum absolute atomic E-state index is 6.07. The third kappa shape index (κ3) is 4.84. The highest BCUT2D eigenvalue weighted by Gasteiger charge is 2.23. The van der Waals surface area contributed by atoms with Crippen molar-refractivity contribution < 1.29 is 9.47 Å². The molecule has 0 saturated heterocycles. The minimum atomic E-state index is 0.151. The Morgan fingerprint density at radius 3 is 2.58 bits per heavy atom. The molecule has 1 aliphatic carbocycles. The largest absolute Gasteiger partial charge is 0.497 e. The van der Waals surface area contributed by atoms with Gasteiger partial charge in [-0.25, -0.2) is 0 Å². The van der Waals surface area contributed by atoms with Crippen LogP contribution in [0.4, 0.5) is 0 Å². The van der Waals surface area contributed by atoms with E-state index < -0.39 is 0 Å². The summed E-state index contributed by atoms with van der Waals surface area (Å²) in [5.74, 6) is 1.69. The Morgan fingerprint density at radius 2 is 2.00 bits per heavy atom. The number of rotatable bonds is 9. The summed E-state index contributed by atoms with van der Waals surface area (Å²) in [6, 6.07) is 8.21. The van der Waals surface area contributed by atoms with Gasteiger partial charge in [0, 0.05) is 6.54 Å². The van der Waals surface area contributed by atoms with Gasteiger partial charge in [0.15, 0.2) is 0 Å². The zero-order chi connectivity index (χ0) is 13.5. The molecule has 2 rings (SSSR count). The van der Waals surface area contributed by atoms with Crippen molar-refractivity contribution in [2.24, 2.45) is 5.92 Å². The van der Waals surface area contributed by atoms with Crippen LogP contribution in [-0.2, 0) is 4.74 Å². The molecule has 106 valence electrons. The summed E-state index contributed by atoms with van der Waals surface area (Å²) >= 11 is 0. The zero-order valence-electron chi connectivity index (χ0n) is 12.0. The predicted molar refractivity (Wildman–Crippen MR) is 77.6 cm³/mol. The smallest absolute Gasteiger partial charge is 0.118 e. The van der Waals surface area contributed by atoms with Crippen LogP contribution in [0.2, 0.25) is 0 Å². The van der Waals surface area contributed by atoms with Gasteiger partial charge in [0.2, 0.25) is 0 Å². The molecule has 3 nitrogen and oxygen atoms in total. The van der Waals surface area contributed by atoms with E-state index in [0.29, 0.717) is 0 Å². The van der Waals surface area contributed by atoms with E-state index in [1.165, 1.54) is 18.4 Å². The lowest BCUT2D eigenvalue weighted by molar-refractivity contribution is 0.0453. The van der Waals surface area contributed by atoms with Crippen LogP contribution in [0.25, 0.3) is 0 Å². The molecule has 0 aromatic heterocycles. The zero-order valence-corrected chi connectivity index (χ0v) is 12.0. The maximum atomic E-state index is 6.07. The second kappa shape index (κ2) is 7.51. The lowest BCUT2D eigenvalue weighted by atomic mass is 10.1. The predicted octanol–water partition coefficient (Wildman–Crippen LogP) is 3.16. The molecule has 1 fully saturated rings. The molecule has 1 aliphatic rings. The lowest BCUT2D eigenvalue weighted by Gasteiger charge is -2.19. The van der Waals surface area contributed by atoms with E-state index in [2.05, 4.69) is 24.4 Å². The van der Waals surface area contributed by atoms with Gasteiger partial charge in [-0.05, 0) is 49.4 Å². The van der Waals surface area contributed by atoms with Gasteiger partial charge in [-0.3, -0.25) is 0 Å². The summed E-state index contributed by atoms with van der Waals surface area (Å²) in [6.45, 7) is 5.00. The summed E-state index contributed by atoms with van der Waals surface area (Å²) in [5.41, 5.74) is 1.23. The number of ether oxygens (including phenoxy) is 2. The fourth-order valence-electron chi connectivity index (χ4n) is 2.04. The van der Waals surface area contributed by atoms with Crippen LogP contribution in [0.3, 0.4) is 0 Å². The van der Waals surface area contributed by atoms with Gasteiger partial charge < -0.3 is 14.8 Å². The number of hydrogen-bond acceptors (Lipinski definition) is 3. The summed E-state index contributed by atoms with van der Waals surface area (Å²) in [6.07, 6.45) is 3.96. The Morgan fingerprint density at radius 1 is 1.26 bits per heavy atom. The van der Waals surface area contributed by atoms with Crippen LogP contribution in [-0.4, -0.2) is 26.8 Å². The van der Waals surface area contributed by atoms with E-state index in [1.807, 2.05) is 12.1 Å². The SMILES string of the molecule is CCCNCC(OCC1CC1)c1ccc(OC)cc1. The molecule has 1 atom stereocenters. The normalized spacial score (nSPS) is 16.3.